The van der Waals surface area contributed by atoms with Gasteiger partial charge in [-0.2, -0.15) is 0 Å². The largest absolute Gasteiger partial charge is 0.493 e. The molecule has 8 heteroatoms. The molecule has 2 N–H and O–H groups in total. The molecule has 4 rings (SSSR count). The van der Waals surface area contributed by atoms with Crippen LogP contribution < -0.4 is 0 Å². The Labute approximate surface area is 171 Å². The molecule has 0 atom stereocenters. The van der Waals surface area contributed by atoms with Gasteiger partial charge in [-0.25, -0.2) is 0 Å². The molecule has 0 radical (unpaired) electrons. The number of benzene rings is 2. The molecule has 148 valence electrons. The van der Waals surface area contributed by atoms with Crippen molar-refractivity contribution >= 4 is 28.7 Å². The second-order valence-electron chi connectivity index (χ2n) is 6.48. The normalized spacial score (nSPS) is 11.6. The molecule has 2 heterocycles. The third-order valence-electron chi connectivity index (χ3n) is 4.57. The van der Waals surface area contributed by atoms with Crippen LogP contribution in [0.4, 0.5) is 5.69 Å². The van der Waals surface area contributed by atoms with Crippen molar-refractivity contribution in [1.82, 2.24) is 9.55 Å². The van der Waals surface area contributed by atoms with E-state index in [9.17, 15) is 9.90 Å². The summed E-state index contributed by atoms with van der Waals surface area (Å²) in [7, 11) is 0. The Balaban J connectivity index is 1.67. The van der Waals surface area contributed by atoms with E-state index in [1.165, 1.54) is 18.3 Å². The number of amides is 1. The Morgan fingerprint density at radius 3 is 2.53 bits per heavy atom. The van der Waals surface area contributed by atoms with Crippen LogP contribution in [0.3, 0.4) is 0 Å². The molecule has 1 amide bonds. The Morgan fingerprint density at radius 2 is 1.80 bits per heavy atom. The van der Waals surface area contributed by atoms with E-state index in [2.05, 4.69) is 20.4 Å². The summed E-state index contributed by atoms with van der Waals surface area (Å²) in [6.45, 7) is 0.453. The lowest BCUT2D eigenvalue weighted by Gasteiger charge is -2.06. The molecule has 8 nitrogen and oxygen atoms in total. The number of hydrogen-bond donors (Lipinski definition) is 2. The highest BCUT2D eigenvalue weighted by Gasteiger charge is 2.17. The summed E-state index contributed by atoms with van der Waals surface area (Å²) in [6, 6.07) is 20.2. The lowest BCUT2D eigenvalue weighted by molar-refractivity contribution is 0.0994. The number of rotatable bonds is 5. The van der Waals surface area contributed by atoms with Crippen molar-refractivity contribution in [3.63, 3.8) is 0 Å². The van der Waals surface area contributed by atoms with Gasteiger partial charge in [-0.1, -0.05) is 53.7 Å². The molecular formula is C22H17N5O3. The van der Waals surface area contributed by atoms with E-state index >= 15 is 0 Å². The monoisotopic (exact) mass is 399 g/mol. The lowest BCUT2D eigenvalue weighted by atomic mass is 10.2. The standard InChI is InChI=1S/C22H17N5O3/c28-21(16-10-11-17(13-24-30)23-12-16)26-25-20-18-8-4-5-9-19(18)27(22(20)29)14-15-6-2-1-3-7-15/h1-13,29-30H,14H2. The second kappa shape index (κ2) is 8.36. The highest BCUT2D eigenvalue weighted by molar-refractivity contribution is 5.97. The number of aromatic nitrogens is 2. The highest BCUT2D eigenvalue weighted by atomic mass is 16.4. The number of carbonyl (C=O) groups is 1. The summed E-state index contributed by atoms with van der Waals surface area (Å²) < 4.78 is 1.73. The van der Waals surface area contributed by atoms with Gasteiger partial charge in [0.05, 0.1) is 29.5 Å². The number of azo groups is 1. The number of hydrogen-bond acceptors (Lipinski definition) is 6. The van der Waals surface area contributed by atoms with Crippen LogP contribution in [0.25, 0.3) is 10.9 Å². The predicted molar refractivity (Wildman–Crippen MR) is 112 cm³/mol. The zero-order chi connectivity index (χ0) is 20.9. The molecule has 4 aromatic rings. The van der Waals surface area contributed by atoms with Gasteiger partial charge < -0.3 is 14.9 Å². The molecule has 0 aliphatic carbocycles. The number of para-hydroxylation sites is 1. The quantitative estimate of drug-likeness (QED) is 0.222. The van der Waals surface area contributed by atoms with Crippen LogP contribution in [0.2, 0.25) is 0 Å². The summed E-state index contributed by atoms with van der Waals surface area (Å²) in [6.07, 6.45) is 2.46. The van der Waals surface area contributed by atoms with E-state index in [1.54, 1.807) is 4.57 Å². The molecule has 0 bridgehead atoms. The van der Waals surface area contributed by atoms with E-state index in [-0.39, 0.29) is 17.1 Å². The zero-order valence-corrected chi connectivity index (χ0v) is 15.8. The van der Waals surface area contributed by atoms with Gasteiger partial charge in [0.2, 0.25) is 5.88 Å². The number of fused-ring (bicyclic) bond motifs is 1. The molecule has 2 aromatic heterocycles. The van der Waals surface area contributed by atoms with E-state index in [0.29, 0.717) is 17.6 Å². The Kier molecular flexibility index (Phi) is 5.29. The minimum absolute atomic E-state index is 0.0655. The number of nitrogens with zero attached hydrogens (tertiary/aromatic N) is 5. The van der Waals surface area contributed by atoms with Crippen molar-refractivity contribution in [1.29, 1.82) is 0 Å². The minimum atomic E-state index is -0.603. The molecular weight excluding hydrogens is 382 g/mol. The molecule has 0 spiro atoms. The number of pyridine rings is 1. The number of aromatic hydroxyl groups is 1. The topological polar surface area (TPSA) is 112 Å². The Morgan fingerprint density at radius 1 is 1.03 bits per heavy atom. The van der Waals surface area contributed by atoms with Crippen LogP contribution in [-0.2, 0) is 6.54 Å². The van der Waals surface area contributed by atoms with Crippen molar-refractivity contribution in [3.8, 4) is 5.88 Å². The van der Waals surface area contributed by atoms with Gasteiger partial charge in [-0.05, 0) is 23.8 Å². The van der Waals surface area contributed by atoms with Crippen molar-refractivity contribution in [2.75, 3.05) is 0 Å². The van der Waals surface area contributed by atoms with Crippen LogP contribution in [0.1, 0.15) is 21.6 Å². The van der Waals surface area contributed by atoms with Crippen LogP contribution in [0, 0.1) is 0 Å². The molecule has 0 aliphatic rings. The first kappa shape index (κ1) is 19.0. The van der Waals surface area contributed by atoms with Crippen molar-refractivity contribution in [2.45, 2.75) is 6.54 Å². The van der Waals surface area contributed by atoms with E-state index < -0.39 is 5.91 Å². The molecule has 0 aliphatic heterocycles. The van der Waals surface area contributed by atoms with Gasteiger partial charge in [0.15, 0.2) is 5.69 Å². The third-order valence-corrected chi connectivity index (χ3v) is 4.57. The molecule has 0 fully saturated rings. The Bertz CT molecular complexity index is 1250. The summed E-state index contributed by atoms with van der Waals surface area (Å²) in [5.41, 5.74) is 2.65. The molecule has 0 unspecified atom stereocenters. The fraction of sp³-hybridized carbons (Fsp3) is 0.0455. The fourth-order valence-electron chi connectivity index (χ4n) is 3.12. The average molecular weight is 399 g/mol. The van der Waals surface area contributed by atoms with E-state index in [0.717, 1.165) is 17.3 Å². The van der Waals surface area contributed by atoms with E-state index in [1.807, 2.05) is 54.6 Å². The molecule has 2 aromatic carbocycles. The first-order valence-corrected chi connectivity index (χ1v) is 9.11. The first-order valence-electron chi connectivity index (χ1n) is 9.11. The van der Waals surface area contributed by atoms with Crippen molar-refractivity contribution in [2.24, 2.45) is 15.4 Å². The van der Waals surface area contributed by atoms with Crippen molar-refractivity contribution < 1.29 is 15.1 Å². The van der Waals surface area contributed by atoms with Gasteiger partial charge in [-0.15, -0.1) is 10.2 Å². The summed E-state index contributed by atoms with van der Waals surface area (Å²) >= 11 is 0. The molecule has 30 heavy (non-hydrogen) atoms. The zero-order valence-electron chi connectivity index (χ0n) is 15.8. The summed E-state index contributed by atoms with van der Waals surface area (Å²) in [5.74, 6) is -0.668. The molecule has 0 saturated carbocycles. The van der Waals surface area contributed by atoms with Gasteiger partial charge in [-0.3, -0.25) is 9.78 Å². The summed E-state index contributed by atoms with van der Waals surface area (Å²) in [5, 5.41) is 30.7. The Hall–Kier alpha value is -4.33. The van der Waals surface area contributed by atoms with Gasteiger partial charge in [0.25, 0.3) is 5.91 Å². The maximum absolute atomic E-state index is 12.4. The third kappa shape index (κ3) is 3.79. The minimum Gasteiger partial charge on any atom is -0.493 e. The fourth-order valence-corrected chi connectivity index (χ4v) is 3.12. The number of oxime groups is 1. The maximum Gasteiger partial charge on any atom is 0.296 e. The SMILES string of the molecule is O=C(N=Nc1c(O)n(Cc2ccccc2)c2ccccc12)c1ccc(C=NO)nc1. The predicted octanol–water partition coefficient (Wildman–Crippen LogP) is 4.52. The van der Waals surface area contributed by atoms with Gasteiger partial charge in [0, 0.05) is 11.6 Å². The van der Waals surface area contributed by atoms with E-state index in [4.69, 9.17) is 5.21 Å². The highest BCUT2D eigenvalue weighted by Crippen LogP contribution is 2.39. The van der Waals surface area contributed by atoms with Gasteiger partial charge >= 0.3 is 0 Å². The summed E-state index contributed by atoms with van der Waals surface area (Å²) in [4.78, 5) is 16.3. The smallest absolute Gasteiger partial charge is 0.296 e. The van der Waals surface area contributed by atoms with Gasteiger partial charge in [0.1, 0.15) is 0 Å². The van der Waals surface area contributed by atoms with Crippen molar-refractivity contribution in [3.05, 3.63) is 89.7 Å². The number of carbonyl (C=O) groups excluding carboxylic acids is 1. The average Bonchev–Trinajstić information content (AvgIpc) is 3.04. The first-order chi connectivity index (χ1) is 14.7. The van der Waals surface area contributed by atoms with Crippen LogP contribution in [0.15, 0.2) is 88.3 Å². The second-order valence-corrected chi connectivity index (χ2v) is 6.48. The van der Waals surface area contributed by atoms with Crippen LogP contribution in [-0.4, -0.2) is 32.0 Å². The van der Waals surface area contributed by atoms with Crippen LogP contribution >= 0.6 is 0 Å². The maximum atomic E-state index is 12.4. The lowest BCUT2D eigenvalue weighted by Crippen LogP contribution is -1.98. The van der Waals surface area contributed by atoms with Crippen LogP contribution in [0.5, 0.6) is 5.88 Å². The molecule has 0 saturated heterocycles.